The van der Waals surface area contributed by atoms with E-state index in [1.54, 1.807) is 6.07 Å². The Kier molecular flexibility index (Phi) is 4.94. The standard InChI is InChI=1S/C13H16ClFO2/c1-8(2)6-9(13(16)17)7-10-11(14)4-3-5-12(10)15/h3-5,8-9H,6-7H2,1-2H3,(H,16,17). The minimum atomic E-state index is -0.905. The van der Waals surface area contributed by atoms with Crippen LogP contribution < -0.4 is 0 Å². The van der Waals surface area contributed by atoms with Crippen LogP contribution in [0.3, 0.4) is 0 Å². The second-order valence-corrected chi connectivity index (χ2v) is 4.98. The number of benzene rings is 1. The highest BCUT2D eigenvalue weighted by Crippen LogP contribution is 2.25. The van der Waals surface area contributed by atoms with Crippen LogP contribution in [-0.4, -0.2) is 11.1 Å². The molecule has 1 aromatic rings. The molecule has 0 heterocycles. The second-order valence-electron chi connectivity index (χ2n) is 4.57. The summed E-state index contributed by atoms with van der Waals surface area (Å²) in [4.78, 5) is 11.1. The molecule has 0 amide bonds. The van der Waals surface area contributed by atoms with E-state index >= 15 is 0 Å². The number of halogens is 2. The Labute approximate surface area is 105 Å². The van der Waals surface area contributed by atoms with Crippen LogP contribution in [0.2, 0.25) is 5.02 Å². The van der Waals surface area contributed by atoms with Gasteiger partial charge in [0.05, 0.1) is 5.92 Å². The van der Waals surface area contributed by atoms with Gasteiger partial charge in [-0.1, -0.05) is 31.5 Å². The van der Waals surface area contributed by atoms with Crippen molar-refractivity contribution in [2.24, 2.45) is 11.8 Å². The van der Waals surface area contributed by atoms with Crippen molar-refractivity contribution in [3.05, 3.63) is 34.6 Å². The molecule has 1 aromatic carbocycles. The molecule has 1 atom stereocenters. The third-order valence-corrected chi connectivity index (χ3v) is 2.97. The van der Waals surface area contributed by atoms with Gasteiger partial charge in [-0.2, -0.15) is 0 Å². The highest BCUT2D eigenvalue weighted by atomic mass is 35.5. The molecule has 1 N–H and O–H groups in total. The molecule has 0 spiro atoms. The summed E-state index contributed by atoms with van der Waals surface area (Å²) in [6, 6.07) is 4.39. The summed E-state index contributed by atoms with van der Waals surface area (Å²) in [6.07, 6.45) is 0.652. The molecule has 2 nitrogen and oxygen atoms in total. The molecule has 0 aromatic heterocycles. The first kappa shape index (κ1) is 14.0. The lowest BCUT2D eigenvalue weighted by atomic mass is 9.91. The third-order valence-electron chi connectivity index (χ3n) is 2.62. The molecule has 0 aliphatic carbocycles. The summed E-state index contributed by atoms with van der Waals surface area (Å²) in [5.41, 5.74) is 0.294. The van der Waals surface area contributed by atoms with Gasteiger partial charge in [0.15, 0.2) is 0 Å². The van der Waals surface area contributed by atoms with Crippen molar-refractivity contribution in [2.45, 2.75) is 26.7 Å². The van der Waals surface area contributed by atoms with Crippen molar-refractivity contribution in [3.8, 4) is 0 Å². The predicted molar refractivity (Wildman–Crippen MR) is 65.7 cm³/mol. The van der Waals surface area contributed by atoms with Gasteiger partial charge < -0.3 is 5.11 Å². The van der Waals surface area contributed by atoms with Crippen LogP contribution in [0.5, 0.6) is 0 Å². The van der Waals surface area contributed by atoms with Crippen LogP contribution in [-0.2, 0) is 11.2 Å². The minimum absolute atomic E-state index is 0.138. The first-order chi connectivity index (χ1) is 7.91. The molecule has 0 aliphatic heterocycles. The Morgan fingerprint density at radius 3 is 2.59 bits per heavy atom. The van der Waals surface area contributed by atoms with Gasteiger partial charge in [0.25, 0.3) is 0 Å². The number of hydrogen-bond acceptors (Lipinski definition) is 1. The van der Waals surface area contributed by atoms with Crippen LogP contribution >= 0.6 is 11.6 Å². The highest BCUT2D eigenvalue weighted by molar-refractivity contribution is 6.31. The Morgan fingerprint density at radius 2 is 2.12 bits per heavy atom. The molecule has 0 radical (unpaired) electrons. The van der Waals surface area contributed by atoms with E-state index in [0.717, 1.165) is 0 Å². The number of rotatable bonds is 5. The van der Waals surface area contributed by atoms with Crippen molar-refractivity contribution >= 4 is 17.6 Å². The smallest absolute Gasteiger partial charge is 0.306 e. The first-order valence-electron chi connectivity index (χ1n) is 5.57. The fourth-order valence-corrected chi connectivity index (χ4v) is 2.05. The quantitative estimate of drug-likeness (QED) is 0.873. The van der Waals surface area contributed by atoms with Crippen LogP contribution in [0.4, 0.5) is 4.39 Å². The molecule has 4 heteroatoms. The monoisotopic (exact) mass is 258 g/mol. The highest BCUT2D eigenvalue weighted by Gasteiger charge is 2.22. The van der Waals surface area contributed by atoms with E-state index in [1.807, 2.05) is 13.8 Å². The lowest BCUT2D eigenvalue weighted by Crippen LogP contribution is -2.19. The summed E-state index contributed by atoms with van der Waals surface area (Å²) >= 11 is 5.88. The van der Waals surface area contributed by atoms with Crippen molar-refractivity contribution < 1.29 is 14.3 Å². The molecule has 0 saturated heterocycles. The lowest BCUT2D eigenvalue weighted by Gasteiger charge is -2.15. The van der Waals surface area contributed by atoms with Crippen molar-refractivity contribution in [1.29, 1.82) is 0 Å². The Balaban J connectivity index is 2.90. The molecule has 0 saturated carbocycles. The van der Waals surface area contributed by atoms with Crippen LogP contribution in [0.15, 0.2) is 18.2 Å². The van der Waals surface area contributed by atoms with Gasteiger partial charge in [-0.15, -0.1) is 0 Å². The predicted octanol–water partition coefficient (Wildman–Crippen LogP) is 3.77. The number of aliphatic carboxylic acids is 1. The van der Waals surface area contributed by atoms with Crippen molar-refractivity contribution in [3.63, 3.8) is 0 Å². The summed E-state index contributed by atoms with van der Waals surface area (Å²) in [5.74, 6) is -1.68. The average Bonchev–Trinajstić information content (AvgIpc) is 2.21. The fourth-order valence-electron chi connectivity index (χ4n) is 1.81. The molecule has 0 bridgehead atoms. The summed E-state index contributed by atoms with van der Waals surface area (Å²) in [5, 5.41) is 9.39. The molecule has 1 rings (SSSR count). The molecular formula is C13H16ClFO2. The number of hydrogen-bond donors (Lipinski definition) is 1. The van der Waals surface area contributed by atoms with Crippen molar-refractivity contribution in [1.82, 2.24) is 0 Å². The van der Waals surface area contributed by atoms with E-state index in [2.05, 4.69) is 0 Å². The third kappa shape index (κ3) is 4.00. The fraction of sp³-hybridized carbons (Fsp3) is 0.462. The van der Waals surface area contributed by atoms with Gasteiger partial charge in [-0.05, 0) is 30.9 Å². The van der Waals surface area contributed by atoms with E-state index in [4.69, 9.17) is 16.7 Å². The van der Waals surface area contributed by atoms with E-state index < -0.39 is 17.7 Å². The Morgan fingerprint density at radius 1 is 1.47 bits per heavy atom. The van der Waals surface area contributed by atoms with Gasteiger partial charge in [-0.25, -0.2) is 4.39 Å². The number of carboxylic acid groups (broad SMARTS) is 1. The molecule has 0 aliphatic rings. The average molecular weight is 259 g/mol. The Bertz CT molecular complexity index is 384. The maximum atomic E-state index is 13.5. The molecule has 94 valence electrons. The zero-order valence-corrected chi connectivity index (χ0v) is 10.7. The second kappa shape index (κ2) is 6.01. The van der Waals surface area contributed by atoms with Crippen molar-refractivity contribution in [2.75, 3.05) is 0 Å². The van der Waals surface area contributed by atoms with Gasteiger partial charge in [0.2, 0.25) is 0 Å². The van der Waals surface area contributed by atoms with Gasteiger partial charge in [0.1, 0.15) is 5.82 Å². The zero-order chi connectivity index (χ0) is 13.0. The van der Waals surface area contributed by atoms with Gasteiger partial charge >= 0.3 is 5.97 Å². The molecule has 0 fully saturated rings. The Hall–Kier alpha value is -1.09. The van der Waals surface area contributed by atoms with Crippen LogP contribution in [0, 0.1) is 17.7 Å². The summed E-state index contributed by atoms with van der Waals surface area (Å²) < 4.78 is 13.5. The summed E-state index contributed by atoms with van der Waals surface area (Å²) in [6.45, 7) is 3.89. The number of carbonyl (C=O) groups is 1. The summed E-state index contributed by atoms with van der Waals surface area (Å²) in [7, 11) is 0. The van der Waals surface area contributed by atoms with Crippen LogP contribution in [0.1, 0.15) is 25.8 Å². The maximum absolute atomic E-state index is 13.5. The van der Waals surface area contributed by atoms with Gasteiger partial charge in [0, 0.05) is 10.6 Å². The minimum Gasteiger partial charge on any atom is -0.481 e. The normalized spacial score (nSPS) is 12.8. The lowest BCUT2D eigenvalue weighted by molar-refractivity contribution is -0.142. The topological polar surface area (TPSA) is 37.3 Å². The largest absolute Gasteiger partial charge is 0.481 e. The van der Waals surface area contributed by atoms with E-state index in [0.29, 0.717) is 17.0 Å². The van der Waals surface area contributed by atoms with E-state index in [9.17, 15) is 9.18 Å². The number of carboxylic acids is 1. The zero-order valence-electron chi connectivity index (χ0n) is 9.91. The SMILES string of the molecule is CC(C)CC(Cc1c(F)cccc1Cl)C(=O)O. The van der Waals surface area contributed by atoms with E-state index in [-0.39, 0.29) is 12.3 Å². The van der Waals surface area contributed by atoms with Crippen LogP contribution in [0.25, 0.3) is 0 Å². The maximum Gasteiger partial charge on any atom is 0.306 e. The van der Waals surface area contributed by atoms with Gasteiger partial charge in [-0.3, -0.25) is 4.79 Å². The van der Waals surface area contributed by atoms with E-state index in [1.165, 1.54) is 12.1 Å². The first-order valence-corrected chi connectivity index (χ1v) is 5.95. The molecule has 17 heavy (non-hydrogen) atoms. The molecular weight excluding hydrogens is 243 g/mol. The molecule has 1 unspecified atom stereocenters.